The Balaban J connectivity index is 3.23. The SMILES string of the molecule is CCCN(C(C)C)S(=O)(=O)c1ccc(C#CCO)c(F)c1. The summed E-state index contributed by atoms with van der Waals surface area (Å²) in [5.74, 6) is 4.05. The molecule has 1 aromatic rings. The first kappa shape index (κ1) is 17.6. The molecule has 116 valence electrons. The molecule has 0 aromatic heterocycles. The van der Waals surface area contributed by atoms with E-state index in [0.717, 1.165) is 6.07 Å². The highest BCUT2D eigenvalue weighted by molar-refractivity contribution is 7.89. The highest BCUT2D eigenvalue weighted by atomic mass is 32.2. The zero-order valence-electron chi connectivity index (χ0n) is 12.4. The molecule has 4 nitrogen and oxygen atoms in total. The van der Waals surface area contributed by atoms with Gasteiger partial charge in [-0.3, -0.25) is 0 Å². The van der Waals surface area contributed by atoms with Gasteiger partial charge in [-0.25, -0.2) is 12.8 Å². The van der Waals surface area contributed by atoms with Crippen LogP contribution in [0.3, 0.4) is 0 Å². The van der Waals surface area contributed by atoms with Crippen LogP contribution in [-0.4, -0.2) is 37.0 Å². The number of benzene rings is 1. The van der Waals surface area contributed by atoms with Crippen molar-refractivity contribution in [2.75, 3.05) is 13.2 Å². The number of aliphatic hydroxyl groups excluding tert-OH is 1. The van der Waals surface area contributed by atoms with E-state index in [2.05, 4.69) is 11.8 Å². The van der Waals surface area contributed by atoms with Gasteiger partial charge in [0.15, 0.2) is 0 Å². The minimum Gasteiger partial charge on any atom is -0.384 e. The first-order valence-corrected chi connectivity index (χ1v) is 8.19. The van der Waals surface area contributed by atoms with Crippen LogP contribution < -0.4 is 0 Å². The molecule has 0 spiro atoms. The van der Waals surface area contributed by atoms with Gasteiger partial charge in [0.25, 0.3) is 0 Å². The second-order valence-corrected chi connectivity index (χ2v) is 6.70. The Morgan fingerprint density at radius 2 is 2.05 bits per heavy atom. The van der Waals surface area contributed by atoms with Gasteiger partial charge in [0, 0.05) is 12.6 Å². The van der Waals surface area contributed by atoms with Gasteiger partial charge < -0.3 is 5.11 Å². The van der Waals surface area contributed by atoms with E-state index in [9.17, 15) is 12.8 Å². The van der Waals surface area contributed by atoms with Crippen molar-refractivity contribution in [2.45, 2.75) is 38.1 Å². The van der Waals surface area contributed by atoms with E-state index in [0.29, 0.717) is 13.0 Å². The van der Waals surface area contributed by atoms with E-state index >= 15 is 0 Å². The third kappa shape index (κ3) is 4.27. The maximum Gasteiger partial charge on any atom is 0.243 e. The van der Waals surface area contributed by atoms with Crippen LogP contribution in [0.25, 0.3) is 0 Å². The van der Waals surface area contributed by atoms with Crippen LogP contribution in [0, 0.1) is 17.7 Å². The van der Waals surface area contributed by atoms with Crippen molar-refractivity contribution in [3.05, 3.63) is 29.6 Å². The Morgan fingerprint density at radius 3 is 2.52 bits per heavy atom. The molecule has 0 fully saturated rings. The average molecular weight is 313 g/mol. The first-order valence-electron chi connectivity index (χ1n) is 6.75. The summed E-state index contributed by atoms with van der Waals surface area (Å²) in [6.07, 6.45) is 0.681. The normalized spacial score (nSPS) is 11.6. The van der Waals surface area contributed by atoms with Gasteiger partial charge in [-0.15, -0.1) is 0 Å². The quantitative estimate of drug-likeness (QED) is 0.846. The molecule has 0 unspecified atom stereocenters. The van der Waals surface area contributed by atoms with Gasteiger partial charge in [-0.05, 0) is 38.5 Å². The number of sulfonamides is 1. The summed E-state index contributed by atoms with van der Waals surface area (Å²) in [5.41, 5.74) is 0.0644. The highest BCUT2D eigenvalue weighted by Crippen LogP contribution is 2.21. The molecule has 0 bridgehead atoms. The van der Waals surface area contributed by atoms with Gasteiger partial charge in [0.2, 0.25) is 10.0 Å². The first-order chi connectivity index (χ1) is 9.84. The molecule has 0 saturated heterocycles. The summed E-state index contributed by atoms with van der Waals surface area (Å²) in [6.45, 7) is 5.46. The van der Waals surface area contributed by atoms with Gasteiger partial charge in [-0.2, -0.15) is 4.31 Å². The molecule has 0 atom stereocenters. The van der Waals surface area contributed by atoms with E-state index < -0.39 is 15.8 Å². The Kier molecular flexibility index (Phi) is 6.34. The van der Waals surface area contributed by atoms with E-state index in [1.807, 2.05) is 6.92 Å². The average Bonchev–Trinajstić information content (AvgIpc) is 2.42. The molecule has 0 amide bonds. The number of rotatable bonds is 5. The summed E-state index contributed by atoms with van der Waals surface area (Å²) >= 11 is 0. The molecule has 21 heavy (non-hydrogen) atoms. The molecule has 0 aliphatic rings. The van der Waals surface area contributed by atoms with Crippen molar-refractivity contribution in [3.63, 3.8) is 0 Å². The molecule has 0 saturated carbocycles. The molecule has 1 N–H and O–H groups in total. The Labute approximate surface area is 125 Å². The molecule has 1 rings (SSSR count). The zero-order valence-corrected chi connectivity index (χ0v) is 13.2. The van der Waals surface area contributed by atoms with Crippen molar-refractivity contribution in [2.24, 2.45) is 0 Å². The number of halogens is 1. The minimum absolute atomic E-state index is 0.0644. The van der Waals surface area contributed by atoms with Crippen LogP contribution in [0.15, 0.2) is 23.1 Å². The van der Waals surface area contributed by atoms with Crippen molar-refractivity contribution >= 4 is 10.0 Å². The lowest BCUT2D eigenvalue weighted by Gasteiger charge is -2.25. The topological polar surface area (TPSA) is 57.6 Å². The van der Waals surface area contributed by atoms with Crippen LogP contribution in [0.4, 0.5) is 4.39 Å². The summed E-state index contributed by atoms with van der Waals surface area (Å²) in [7, 11) is -3.73. The largest absolute Gasteiger partial charge is 0.384 e. The van der Waals surface area contributed by atoms with Crippen LogP contribution in [0.2, 0.25) is 0 Å². The van der Waals surface area contributed by atoms with Gasteiger partial charge >= 0.3 is 0 Å². The lowest BCUT2D eigenvalue weighted by atomic mass is 10.2. The summed E-state index contributed by atoms with van der Waals surface area (Å²) in [5, 5.41) is 8.60. The lowest BCUT2D eigenvalue weighted by Crippen LogP contribution is -2.37. The minimum atomic E-state index is -3.73. The standard InChI is InChI=1S/C15H20FNO3S/c1-4-9-17(12(2)3)21(19,20)14-8-7-13(6-5-10-18)15(16)11-14/h7-8,11-12,18H,4,9-10H2,1-3H3. The summed E-state index contributed by atoms with van der Waals surface area (Å²) in [4.78, 5) is -0.0864. The second kappa shape index (κ2) is 7.55. The van der Waals surface area contributed by atoms with Crippen LogP contribution in [0.1, 0.15) is 32.8 Å². The van der Waals surface area contributed by atoms with E-state index in [4.69, 9.17) is 5.11 Å². The fourth-order valence-electron chi connectivity index (χ4n) is 1.90. The molecule has 0 radical (unpaired) electrons. The Bertz CT molecular complexity index is 645. The summed E-state index contributed by atoms with van der Waals surface area (Å²) < 4.78 is 40.3. The third-order valence-electron chi connectivity index (χ3n) is 2.87. The maximum atomic E-state index is 13.9. The van der Waals surface area contributed by atoms with Gasteiger partial charge in [0.1, 0.15) is 12.4 Å². The monoisotopic (exact) mass is 313 g/mol. The van der Waals surface area contributed by atoms with Crippen LogP contribution >= 0.6 is 0 Å². The predicted molar refractivity (Wildman–Crippen MR) is 79.7 cm³/mol. The number of hydrogen-bond donors (Lipinski definition) is 1. The molecule has 6 heteroatoms. The highest BCUT2D eigenvalue weighted by Gasteiger charge is 2.26. The van der Waals surface area contributed by atoms with Crippen LogP contribution in [-0.2, 0) is 10.0 Å². The van der Waals surface area contributed by atoms with Gasteiger partial charge in [0.05, 0.1) is 10.5 Å². The molecular weight excluding hydrogens is 293 g/mol. The molecule has 1 aromatic carbocycles. The van der Waals surface area contributed by atoms with E-state index in [-0.39, 0.29) is 23.1 Å². The Morgan fingerprint density at radius 1 is 1.38 bits per heavy atom. The second-order valence-electron chi connectivity index (χ2n) is 4.81. The fraction of sp³-hybridized carbons (Fsp3) is 0.467. The fourth-order valence-corrected chi connectivity index (χ4v) is 3.65. The lowest BCUT2D eigenvalue weighted by molar-refractivity contribution is 0.350. The third-order valence-corrected chi connectivity index (χ3v) is 4.94. The molecule has 0 aliphatic heterocycles. The number of hydrogen-bond acceptors (Lipinski definition) is 3. The van der Waals surface area contributed by atoms with Crippen molar-refractivity contribution in [1.82, 2.24) is 4.31 Å². The van der Waals surface area contributed by atoms with Crippen molar-refractivity contribution in [1.29, 1.82) is 0 Å². The summed E-state index contributed by atoms with van der Waals surface area (Å²) in [6, 6.07) is 3.42. The van der Waals surface area contributed by atoms with E-state index in [1.54, 1.807) is 13.8 Å². The predicted octanol–water partition coefficient (Wildman–Crippen LogP) is 1.98. The smallest absolute Gasteiger partial charge is 0.243 e. The van der Waals surface area contributed by atoms with Gasteiger partial charge in [-0.1, -0.05) is 18.8 Å². The van der Waals surface area contributed by atoms with Crippen LogP contribution in [0.5, 0.6) is 0 Å². The maximum absolute atomic E-state index is 13.9. The molecule has 0 aliphatic carbocycles. The Hall–Kier alpha value is -1.42. The zero-order chi connectivity index (χ0) is 16.0. The number of nitrogens with zero attached hydrogens (tertiary/aromatic N) is 1. The number of aliphatic hydroxyl groups is 1. The molecule has 0 heterocycles. The molecular formula is C15H20FNO3S. The van der Waals surface area contributed by atoms with Crippen molar-refractivity contribution in [3.8, 4) is 11.8 Å². The van der Waals surface area contributed by atoms with E-state index in [1.165, 1.54) is 16.4 Å². The van der Waals surface area contributed by atoms with Crippen molar-refractivity contribution < 1.29 is 17.9 Å².